The second kappa shape index (κ2) is 7.06. The Balaban J connectivity index is 1.84. The zero-order chi connectivity index (χ0) is 14.4. The molecular weight excluding hydrogens is 250 g/mol. The Morgan fingerprint density at radius 1 is 1.20 bits per heavy atom. The molecule has 2 N–H and O–H groups in total. The Bertz CT molecular complexity index is 578. The van der Waals surface area contributed by atoms with E-state index in [4.69, 9.17) is 5.11 Å². The molecule has 0 radical (unpaired) electrons. The van der Waals surface area contributed by atoms with Gasteiger partial charge in [-0.05, 0) is 36.1 Å². The first-order valence-corrected chi connectivity index (χ1v) is 7.07. The minimum atomic E-state index is -0.365. The number of rotatable bonds is 6. The standard InChI is InChI=1S/C17H21NO2/c1-13(19)10-11-18-17(20)9-7-14-6-8-15-4-2-3-5-16(15)12-14/h2-6,8,12-13,19H,7,9-11H2,1H3,(H,18,20)/t13-/m1/s1. The lowest BCUT2D eigenvalue weighted by Crippen LogP contribution is -2.26. The first kappa shape index (κ1) is 14.5. The van der Waals surface area contributed by atoms with Crippen molar-refractivity contribution < 1.29 is 9.90 Å². The fourth-order valence-electron chi connectivity index (χ4n) is 2.16. The zero-order valence-corrected chi connectivity index (χ0v) is 11.8. The van der Waals surface area contributed by atoms with Gasteiger partial charge in [0.05, 0.1) is 6.10 Å². The second-order valence-electron chi connectivity index (χ2n) is 5.17. The average molecular weight is 271 g/mol. The molecular formula is C17H21NO2. The Morgan fingerprint density at radius 3 is 2.70 bits per heavy atom. The maximum absolute atomic E-state index is 11.7. The highest BCUT2D eigenvalue weighted by atomic mass is 16.3. The molecule has 0 saturated heterocycles. The van der Waals surface area contributed by atoms with Gasteiger partial charge in [0.2, 0.25) is 5.91 Å². The van der Waals surface area contributed by atoms with Gasteiger partial charge in [0.25, 0.3) is 0 Å². The van der Waals surface area contributed by atoms with E-state index >= 15 is 0 Å². The highest BCUT2D eigenvalue weighted by Crippen LogP contribution is 2.16. The maximum atomic E-state index is 11.7. The van der Waals surface area contributed by atoms with Crippen LogP contribution in [0.2, 0.25) is 0 Å². The van der Waals surface area contributed by atoms with Crippen LogP contribution in [-0.4, -0.2) is 23.7 Å². The van der Waals surface area contributed by atoms with Crippen LogP contribution in [0.4, 0.5) is 0 Å². The van der Waals surface area contributed by atoms with Crippen LogP contribution >= 0.6 is 0 Å². The second-order valence-corrected chi connectivity index (χ2v) is 5.17. The van der Waals surface area contributed by atoms with Gasteiger partial charge in [-0.15, -0.1) is 0 Å². The number of aliphatic hydroxyl groups is 1. The van der Waals surface area contributed by atoms with Crippen LogP contribution in [0.5, 0.6) is 0 Å². The molecule has 0 unspecified atom stereocenters. The Labute approximate surface area is 119 Å². The van der Waals surface area contributed by atoms with Crippen molar-refractivity contribution >= 4 is 16.7 Å². The minimum Gasteiger partial charge on any atom is -0.393 e. The number of carbonyl (C=O) groups is 1. The summed E-state index contributed by atoms with van der Waals surface area (Å²) in [4.78, 5) is 11.7. The predicted octanol–water partition coefficient (Wildman–Crippen LogP) is 2.66. The molecule has 106 valence electrons. The molecule has 2 aromatic carbocycles. The van der Waals surface area contributed by atoms with E-state index in [2.05, 4.69) is 35.6 Å². The van der Waals surface area contributed by atoms with Crippen molar-refractivity contribution in [2.45, 2.75) is 32.3 Å². The summed E-state index contributed by atoms with van der Waals surface area (Å²) in [7, 11) is 0. The molecule has 0 aliphatic heterocycles. The quantitative estimate of drug-likeness (QED) is 0.848. The average Bonchev–Trinajstić information content (AvgIpc) is 2.44. The summed E-state index contributed by atoms with van der Waals surface area (Å²) >= 11 is 0. The monoisotopic (exact) mass is 271 g/mol. The summed E-state index contributed by atoms with van der Waals surface area (Å²) in [6, 6.07) is 14.5. The molecule has 1 amide bonds. The molecule has 3 nitrogen and oxygen atoms in total. The molecule has 0 fully saturated rings. The molecule has 0 aromatic heterocycles. The van der Waals surface area contributed by atoms with Crippen LogP contribution in [0.15, 0.2) is 42.5 Å². The van der Waals surface area contributed by atoms with E-state index in [1.165, 1.54) is 16.3 Å². The van der Waals surface area contributed by atoms with Crippen molar-refractivity contribution in [3.63, 3.8) is 0 Å². The van der Waals surface area contributed by atoms with Gasteiger partial charge >= 0.3 is 0 Å². The van der Waals surface area contributed by atoms with Crippen molar-refractivity contribution in [2.24, 2.45) is 0 Å². The van der Waals surface area contributed by atoms with E-state index < -0.39 is 0 Å². The van der Waals surface area contributed by atoms with Crippen LogP contribution in [0.25, 0.3) is 10.8 Å². The van der Waals surface area contributed by atoms with Crippen molar-refractivity contribution in [1.29, 1.82) is 0 Å². The van der Waals surface area contributed by atoms with Gasteiger partial charge in [0.1, 0.15) is 0 Å². The van der Waals surface area contributed by atoms with Crippen LogP contribution < -0.4 is 5.32 Å². The van der Waals surface area contributed by atoms with Gasteiger partial charge in [-0.2, -0.15) is 0 Å². The lowest BCUT2D eigenvalue weighted by Gasteiger charge is -2.07. The largest absolute Gasteiger partial charge is 0.393 e. The fourth-order valence-corrected chi connectivity index (χ4v) is 2.16. The molecule has 2 aromatic rings. The van der Waals surface area contributed by atoms with E-state index in [1.807, 2.05) is 12.1 Å². The molecule has 2 rings (SSSR count). The Kier molecular flexibility index (Phi) is 5.13. The van der Waals surface area contributed by atoms with Gasteiger partial charge < -0.3 is 10.4 Å². The van der Waals surface area contributed by atoms with Gasteiger partial charge in [-0.3, -0.25) is 4.79 Å². The van der Waals surface area contributed by atoms with Gasteiger partial charge in [-0.1, -0.05) is 42.5 Å². The summed E-state index contributed by atoms with van der Waals surface area (Å²) in [5.41, 5.74) is 1.18. The third-order valence-corrected chi connectivity index (χ3v) is 3.34. The molecule has 0 saturated carbocycles. The number of amides is 1. The van der Waals surface area contributed by atoms with Crippen molar-refractivity contribution in [3.8, 4) is 0 Å². The summed E-state index contributed by atoms with van der Waals surface area (Å²) in [6.07, 6.45) is 1.46. The summed E-state index contributed by atoms with van der Waals surface area (Å²) in [6.45, 7) is 2.26. The topological polar surface area (TPSA) is 49.3 Å². The van der Waals surface area contributed by atoms with E-state index in [0.29, 0.717) is 19.4 Å². The number of benzene rings is 2. The van der Waals surface area contributed by atoms with Crippen LogP contribution in [-0.2, 0) is 11.2 Å². The summed E-state index contributed by atoms with van der Waals surface area (Å²) in [5, 5.41) is 14.4. The predicted molar refractivity (Wildman–Crippen MR) is 81.6 cm³/mol. The Morgan fingerprint density at radius 2 is 1.95 bits per heavy atom. The number of aliphatic hydroxyl groups excluding tert-OH is 1. The molecule has 3 heteroatoms. The molecule has 0 aliphatic carbocycles. The van der Waals surface area contributed by atoms with Crippen LogP contribution in [0.3, 0.4) is 0 Å². The van der Waals surface area contributed by atoms with Crippen molar-refractivity contribution in [3.05, 3.63) is 48.0 Å². The zero-order valence-electron chi connectivity index (χ0n) is 11.8. The number of hydrogen-bond acceptors (Lipinski definition) is 2. The van der Waals surface area contributed by atoms with Gasteiger partial charge in [-0.25, -0.2) is 0 Å². The van der Waals surface area contributed by atoms with Crippen molar-refractivity contribution in [1.82, 2.24) is 5.32 Å². The lowest BCUT2D eigenvalue weighted by atomic mass is 10.0. The van der Waals surface area contributed by atoms with Crippen molar-refractivity contribution in [2.75, 3.05) is 6.54 Å². The summed E-state index contributed by atoms with van der Waals surface area (Å²) < 4.78 is 0. The molecule has 0 bridgehead atoms. The maximum Gasteiger partial charge on any atom is 0.220 e. The number of nitrogens with one attached hydrogen (secondary N) is 1. The van der Waals surface area contributed by atoms with Gasteiger partial charge in [0.15, 0.2) is 0 Å². The Hall–Kier alpha value is -1.87. The number of aryl methyl sites for hydroxylation is 1. The molecule has 0 spiro atoms. The number of fused-ring (bicyclic) bond motifs is 1. The SMILES string of the molecule is C[C@@H](O)CCNC(=O)CCc1ccc2ccccc2c1. The third-order valence-electron chi connectivity index (χ3n) is 3.34. The number of hydrogen-bond donors (Lipinski definition) is 2. The molecule has 0 heterocycles. The normalized spacial score (nSPS) is 12.3. The third kappa shape index (κ3) is 4.35. The highest BCUT2D eigenvalue weighted by molar-refractivity contribution is 5.83. The van der Waals surface area contributed by atoms with Gasteiger partial charge in [0, 0.05) is 13.0 Å². The highest BCUT2D eigenvalue weighted by Gasteiger charge is 2.03. The molecule has 0 aliphatic rings. The fraction of sp³-hybridized carbons (Fsp3) is 0.353. The van der Waals surface area contributed by atoms with Crippen LogP contribution in [0, 0.1) is 0 Å². The smallest absolute Gasteiger partial charge is 0.220 e. The molecule has 1 atom stereocenters. The van der Waals surface area contributed by atoms with E-state index in [1.54, 1.807) is 6.92 Å². The first-order chi connectivity index (χ1) is 9.65. The van der Waals surface area contributed by atoms with E-state index in [0.717, 1.165) is 6.42 Å². The first-order valence-electron chi connectivity index (χ1n) is 7.07. The lowest BCUT2D eigenvalue weighted by molar-refractivity contribution is -0.121. The van der Waals surface area contributed by atoms with Crippen LogP contribution in [0.1, 0.15) is 25.3 Å². The summed E-state index contributed by atoms with van der Waals surface area (Å²) in [5.74, 6) is 0.0406. The van der Waals surface area contributed by atoms with E-state index in [-0.39, 0.29) is 12.0 Å². The van der Waals surface area contributed by atoms with E-state index in [9.17, 15) is 4.79 Å². The minimum absolute atomic E-state index is 0.0406. The number of carbonyl (C=O) groups excluding carboxylic acids is 1. The molecule has 20 heavy (non-hydrogen) atoms.